The number of H-pyrrole nitrogens is 1. The molecule has 0 unspecified atom stereocenters. The SMILES string of the molecule is COc1ccc(C(=O)N2CCC(c3c[nH]c4ncc(OC)cc34)CC2)cc1. The Kier molecular flexibility index (Phi) is 4.71. The molecule has 1 amide bonds. The number of pyridine rings is 1. The number of aromatic nitrogens is 2. The Labute approximate surface area is 158 Å². The minimum atomic E-state index is 0.0818. The van der Waals surface area contributed by atoms with Gasteiger partial charge in [0.1, 0.15) is 17.1 Å². The molecule has 1 saturated heterocycles. The smallest absolute Gasteiger partial charge is 0.253 e. The number of aromatic amines is 1. The molecule has 1 fully saturated rings. The summed E-state index contributed by atoms with van der Waals surface area (Å²) in [4.78, 5) is 22.3. The number of benzene rings is 1. The van der Waals surface area contributed by atoms with Gasteiger partial charge in [0, 0.05) is 30.2 Å². The molecule has 6 heteroatoms. The lowest BCUT2D eigenvalue weighted by Crippen LogP contribution is -2.37. The summed E-state index contributed by atoms with van der Waals surface area (Å²) in [6.07, 6.45) is 5.64. The van der Waals surface area contributed by atoms with Gasteiger partial charge in [0.25, 0.3) is 5.91 Å². The van der Waals surface area contributed by atoms with Gasteiger partial charge in [-0.05, 0) is 54.7 Å². The Hall–Kier alpha value is -3.02. The van der Waals surface area contributed by atoms with Crippen LogP contribution in [0.2, 0.25) is 0 Å². The second-order valence-electron chi connectivity index (χ2n) is 6.81. The van der Waals surface area contributed by atoms with Crippen LogP contribution in [0.3, 0.4) is 0 Å². The quantitative estimate of drug-likeness (QED) is 0.767. The zero-order valence-electron chi connectivity index (χ0n) is 15.6. The Bertz CT molecular complexity index is 941. The van der Waals surface area contributed by atoms with Crippen LogP contribution in [0.25, 0.3) is 11.0 Å². The van der Waals surface area contributed by atoms with Crippen LogP contribution < -0.4 is 9.47 Å². The maximum atomic E-state index is 12.7. The van der Waals surface area contributed by atoms with E-state index in [1.807, 2.05) is 41.4 Å². The first-order valence-electron chi connectivity index (χ1n) is 9.14. The highest BCUT2D eigenvalue weighted by Crippen LogP contribution is 2.34. The molecule has 0 bridgehead atoms. The molecule has 3 aromatic rings. The van der Waals surface area contributed by atoms with Gasteiger partial charge in [-0.3, -0.25) is 4.79 Å². The molecule has 4 rings (SSSR count). The molecular weight excluding hydrogens is 342 g/mol. The lowest BCUT2D eigenvalue weighted by atomic mass is 9.89. The highest BCUT2D eigenvalue weighted by molar-refractivity contribution is 5.94. The standard InChI is InChI=1S/C21H23N3O3/c1-26-16-5-3-15(4-6-16)21(25)24-9-7-14(8-10-24)19-13-23-20-18(19)11-17(27-2)12-22-20/h3-6,11-14H,7-10H2,1-2H3,(H,22,23). The van der Waals surface area contributed by atoms with Gasteiger partial charge >= 0.3 is 0 Å². The predicted octanol–water partition coefficient (Wildman–Crippen LogP) is 3.60. The third kappa shape index (κ3) is 3.35. The molecule has 0 aliphatic carbocycles. The predicted molar refractivity (Wildman–Crippen MR) is 104 cm³/mol. The largest absolute Gasteiger partial charge is 0.497 e. The molecule has 6 nitrogen and oxygen atoms in total. The number of ether oxygens (including phenoxy) is 2. The Morgan fingerprint density at radius 1 is 1.11 bits per heavy atom. The van der Waals surface area contributed by atoms with E-state index in [4.69, 9.17) is 9.47 Å². The van der Waals surface area contributed by atoms with Crippen molar-refractivity contribution in [1.29, 1.82) is 0 Å². The molecule has 3 heterocycles. The first-order chi connectivity index (χ1) is 13.2. The van der Waals surface area contributed by atoms with Crippen molar-refractivity contribution in [2.45, 2.75) is 18.8 Å². The number of carbonyl (C=O) groups is 1. The second kappa shape index (κ2) is 7.31. The fourth-order valence-corrected chi connectivity index (χ4v) is 3.76. The van der Waals surface area contributed by atoms with Gasteiger partial charge in [-0.2, -0.15) is 0 Å². The maximum Gasteiger partial charge on any atom is 0.253 e. The van der Waals surface area contributed by atoms with Crippen LogP contribution in [-0.2, 0) is 0 Å². The number of nitrogens with one attached hydrogen (secondary N) is 1. The van der Waals surface area contributed by atoms with E-state index in [2.05, 4.69) is 9.97 Å². The summed E-state index contributed by atoms with van der Waals surface area (Å²) in [5.74, 6) is 2.01. The monoisotopic (exact) mass is 365 g/mol. The zero-order chi connectivity index (χ0) is 18.8. The van der Waals surface area contributed by atoms with Crippen LogP contribution in [0.15, 0.2) is 42.7 Å². The van der Waals surface area contributed by atoms with Crippen molar-refractivity contribution in [1.82, 2.24) is 14.9 Å². The van der Waals surface area contributed by atoms with Crippen molar-refractivity contribution in [2.75, 3.05) is 27.3 Å². The molecule has 0 saturated carbocycles. The van der Waals surface area contributed by atoms with Crippen molar-refractivity contribution in [3.05, 3.63) is 53.9 Å². The third-order valence-corrected chi connectivity index (χ3v) is 5.33. The number of methoxy groups -OCH3 is 2. The summed E-state index contributed by atoms with van der Waals surface area (Å²) in [5, 5.41) is 1.11. The summed E-state index contributed by atoms with van der Waals surface area (Å²) in [7, 11) is 3.27. The average Bonchev–Trinajstić information content (AvgIpc) is 3.16. The second-order valence-corrected chi connectivity index (χ2v) is 6.81. The van der Waals surface area contributed by atoms with Crippen molar-refractivity contribution in [3.63, 3.8) is 0 Å². The van der Waals surface area contributed by atoms with Crippen LogP contribution in [0.5, 0.6) is 11.5 Å². The number of piperidine rings is 1. The molecule has 27 heavy (non-hydrogen) atoms. The first kappa shape index (κ1) is 17.4. The summed E-state index contributed by atoms with van der Waals surface area (Å²) >= 11 is 0. The van der Waals surface area contributed by atoms with Gasteiger partial charge in [0.05, 0.1) is 20.4 Å². The molecule has 140 valence electrons. The highest BCUT2D eigenvalue weighted by atomic mass is 16.5. The summed E-state index contributed by atoms with van der Waals surface area (Å²) in [6.45, 7) is 1.50. The number of fused-ring (bicyclic) bond motifs is 1. The molecule has 0 spiro atoms. The van der Waals surface area contributed by atoms with Crippen LogP contribution in [0, 0.1) is 0 Å². The Balaban J connectivity index is 1.46. The molecule has 0 atom stereocenters. The van der Waals surface area contributed by atoms with Gasteiger partial charge in [0.15, 0.2) is 0 Å². The summed E-state index contributed by atoms with van der Waals surface area (Å²) in [6, 6.07) is 9.33. The van der Waals surface area contributed by atoms with Crippen LogP contribution in [-0.4, -0.2) is 48.1 Å². The van der Waals surface area contributed by atoms with E-state index >= 15 is 0 Å². The van der Waals surface area contributed by atoms with Gasteiger partial charge in [-0.25, -0.2) is 4.98 Å². The molecule has 1 aromatic carbocycles. The number of likely N-dealkylation sites (tertiary alicyclic amines) is 1. The van der Waals surface area contributed by atoms with Gasteiger partial charge in [-0.15, -0.1) is 0 Å². The third-order valence-electron chi connectivity index (χ3n) is 5.33. The topological polar surface area (TPSA) is 67.5 Å². The van der Waals surface area contributed by atoms with E-state index in [0.29, 0.717) is 11.5 Å². The molecule has 1 aliphatic heterocycles. The first-order valence-corrected chi connectivity index (χ1v) is 9.14. The van der Waals surface area contributed by atoms with E-state index in [9.17, 15) is 4.79 Å². The molecule has 1 aliphatic rings. The number of hydrogen-bond acceptors (Lipinski definition) is 4. The van der Waals surface area contributed by atoms with Gasteiger partial charge in [-0.1, -0.05) is 0 Å². The van der Waals surface area contributed by atoms with E-state index in [1.165, 1.54) is 5.56 Å². The number of carbonyl (C=O) groups excluding carboxylic acids is 1. The number of rotatable bonds is 4. The molecule has 1 N–H and O–H groups in total. The van der Waals surface area contributed by atoms with Gasteiger partial charge < -0.3 is 19.4 Å². The maximum absolute atomic E-state index is 12.7. The zero-order valence-corrected chi connectivity index (χ0v) is 15.6. The van der Waals surface area contributed by atoms with E-state index in [1.54, 1.807) is 20.4 Å². The molecular formula is C21H23N3O3. The van der Waals surface area contributed by atoms with Crippen molar-refractivity contribution < 1.29 is 14.3 Å². The van der Waals surface area contributed by atoms with Crippen LogP contribution >= 0.6 is 0 Å². The van der Waals surface area contributed by atoms with Crippen LogP contribution in [0.1, 0.15) is 34.7 Å². The van der Waals surface area contributed by atoms with Crippen molar-refractivity contribution in [2.24, 2.45) is 0 Å². The normalized spacial score (nSPS) is 15.1. The van der Waals surface area contributed by atoms with Crippen LogP contribution in [0.4, 0.5) is 0 Å². The van der Waals surface area contributed by atoms with Crippen molar-refractivity contribution in [3.8, 4) is 11.5 Å². The van der Waals surface area contributed by atoms with E-state index in [0.717, 1.165) is 48.5 Å². The Morgan fingerprint density at radius 3 is 2.48 bits per heavy atom. The fourth-order valence-electron chi connectivity index (χ4n) is 3.76. The van der Waals surface area contributed by atoms with Gasteiger partial charge in [0.2, 0.25) is 0 Å². The minimum absolute atomic E-state index is 0.0818. The van der Waals surface area contributed by atoms with E-state index < -0.39 is 0 Å². The number of hydrogen-bond donors (Lipinski definition) is 1. The molecule has 2 aromatic heterocycles. The lowest BCUT2D eigenvalue weighted by molar-refractivity contribution is 0.0713. The average molecular weight is 365 g/mol. The number of nitrogens with zero attached hydrogens (tertiary/aromatic N) is 2. The van der Waals surface area contributed by atoms with E-state index in [-0.39, 0.29) is 5.91 Å². The fraction of sp³-hybridized carbons (Fsp3) is 0.333. The van der Waals surface area contributed by atoms with Crippen molar-refractivity contribution >= 4 is 16.9 Å². The summed E-state index contributed by atoms with van der Waals surface area (Å²) < 4.78 is 10.5. The minimum Gasteiger partial charge on any atom is -0.497 e. The lowest BCUT2D eigenvalue weighted by Gasteiger charge is -2.32. The highest BCUT2D eigenvalue weighted by Gasteiger charge is 2.26. The number of amides is 1. The molecule has 0 radical (unpaired) electrons. The Morgan fingerprint density at radius 2 is 1.81 bits per heavy atom. The summed E-state index contributed by atoms with van der Waals surface area (Å²) in [5.41, 5.74) is 2.84.